The van der Waals surface area contributed by atoms with Gasteiger partial charge in [0.2, 0.25) is 0 Å². The molecule has 1 atom stereocenters. The summed E-state index contributed by atoms with van der Waals surface area (Å²) in [4.78, 5) is 0. The fourth-order valence-electron chi connectivity index (χ4n) is 2.33. The lowest BCUT2D eigenvalue weighted by Crippen LogP contribution is -2.18. The zero-order valence-corrected chi connectivity index (χ0v) is 13.2. The first-order chi connectivity index (χ1) is 10.2. The van der Waals surface area contributed by atoms with Crippen molar-refractivity contribution >= 4 is 0 Å². The van der Waals surface area contributed by atoms with E-state index >= 15 is 0 Å². The maximum absolute atomic E-state index is 5.70. The van der Waals surface area contributed by atoms with E-state index in [1.54, 1.807) is 0 Å². The molecule has 2 aromatic rings. The number of nitrogens with one attached hydrogen (secondary N) is 1. The standard InChI is InChI=1S/C17H25N3O/c1-4-5-10-21-16-8-6-15(7-9-16)17(18-2)11-14-12-19-20(3)13-14/h6-9,12-13,17-18H,4-5,10-11H2,1-3H3. The second-order valence-corrected chi connectivity index (χ2v) is 5.34. The van der Waals surface area contributed by atoms with Gasteiger partial charge in [0.25, 0.3) is 0 Å². The Kier molecular flexibility index (Phi) is 5.81. The van der Waals surface area contributed by atoms with Crippen LogP contribution in [0.5, 0.6) is 5.75 Å². The smallest absolute Gasteiger partial charge is 0.119 e. The molecular formula is C17H25N3O. The van der Waals surface area contributed by atoms with Crippen molar-refractivity contribution in [2.24, 2.45) is 7.05 Å². The highest BCUT2D eigenvalue weighted by atomic mass is 16.5. The first-order valence-electron chi connectivity index (χ1n) is 7.60. The molecule has 0 aliphatic rings. The van der Waals surface area contributed by atoms with Gasteiger partial charge in [0.1, 0.15) is 5.75 Å². The largest absolute Gasteiger partial charge is 0.494 e. The van der Waals surface area contributed by atoms with Crippen LogP contribution in [0.25, 0.3) is 0 Å². The SMILES string of the molecule is CCCCOc1ccc(C(Cc2cnn(C)c2)NC)cc1. The van der Waals surface area contributed by atoms with Crippen LogP contribution in [0.4, 0.5) is 0 Å². The summed E-state index contributed by atoms with van der Waals surface area (Å²) in [6, 6.07) is 8.67. The lowest BCUT2D eigenvalue weighted by atomic mass is 10.0. The summed E-state index contributed by atoms with van der Waals surface area (Å²) in [6.07, 6.45) is 7.17. The number of aryl methyl sites for hydroxylation is 1. The van der Waals surface area contributed by atoms with Crippen LogP contribution >= 0.6 is 0 Å². The van der Waals surface area contributed by atoms with E-state index in [9.17, 15) is 0 Å². The molecule has 0 aliphatic carbocycles. The van der Waals surface area contributed by atoms with Crippen LogP contribution in [0.1, 0.15) is 36.9 Å². The van der Waals surface area contributed by atoms with Crippen molar-refractivity contribution in [3.05, 3.63) is 47.8 Å². The maximum atomic E-state index is 5.70. The molecule has 114 valence electrons. The van der Waals surface area contributed by atoms with Crippen LogP contribution in [-0.4, -0.2) is 23.4 Å². The van der Waals surface area contributed by atoms with Gasteiger partial charge in [-0.05, 0) is 43.1 Å². The van der Waals surface area contributed by atoms with Crippen LogP contribution in [-0.2, 0) is 13.5 Å². The van der Waals surface area contributed by atoms with Crippen molar-refractivity contribution in [1.29, 1.82) is 0 Å². The molecule has 1 N–H and O–H groups in total. The highest BCUT2D eigenvalue weighted by Gasteiger charge is 2.11. The number of rotatable bonds is 8. The summed E-state index contributed by atoms with van der Waals surface area (Å²) in [6.45, 7) is 2.96. The van der Waals surface area contributed by atoms with Gasteiger partial charge in [0, 0.05) is 19.3 Å². The molecule has 1 aromatic heterocycles. The molecule has 2 rings (SSSR count). The summed E-state index contributed by atoms with van der Waals surface area (Å²) in [5.74, 6) is 0.948. The molecule has 4 nitrogen and oxygen atoms in total. The van der Waals surface area contributed by atoms with Crippen LogP contribution in [0.3, 0.4) is 0 Å². The number of unbranched alkanes of at least 4 members (excludes halogenated alkanes) is 1. The molecule has 1 heterocycles. The van der Waals surface area contributed by atoms with Crippen molar-refractivity contribution < 1.29 is 4.74 Å². The van der Waals surface area contributed by atoms with Gasteiger partial charge >= 0.3 is 0 Å². The number of hydrogen-bond donors (Lipinski definition) is 1. The van der Waals surface area contributed by atoms with E-state index in [0.29, 0.717) is 6.04 Å². The Bertz CT molecular complexity index is 533. The van der Waals surface area contributed by atoms with E-state index < -0.39 is 0 Å². The van der Waals surface area contributed by atoms with Crippen molar-refractivity contribution in [3.8, 4) is 5.75 Å². The Labute approximate surface area is 127 Å². The predicted octanol–water partition coefficient (Wildman–Crippen LogP) is 3.10. The minimum atomic E-state index is 0.291. The van der Waals surface area contributed by atoms with Crippen LogP contribution < -0.4 is 10.1 Å². The quantitative estimate of drug-likeness (QED) is 0.758. The lowest BCUT2D eigenvalue weighted by Gasteiger charge is -2.16. The highest BCUT2D eigenvalue weighted by Crippen LogP contribution is 2.21. The average molecular weight is 287 g/mol. The third-order valence-corrected chi connectivity index (χ3v) is 3.60. The monoisotopic (exact) mass is 287 g/mol. The Hall–Kier alpha value is -1.81. The van der Waals surface area contributed by atoms with Gasteiger partial charge in [0.15, 0.2) is 0 Å². The van der Waals surface area contributed by atoms with Crippen LogP contribution in [0.15, 0.2) is 36.7 Å². The summed E-state index contributed by atoms with van der Waals surface area (Å²) < 4.78 is 7.54. The number of benzene rings is 1. The second-order valence-electron chi connectivity index (χ2n) is 5.34. The summed E-state index contributed by atoms with van der Waals surface area (Å²) >= 11 is 0. The number of aromatic nitrogens is 2. The molecule has 0 fully saturated rings. The van der Waals surface area contributed by atoms with E-state index in [4.69, 9.17) is 4.74 Å². The van der Waals surface area contributed by atoms with E-state index in [-0.39, 0.29) is 0 Å². The molecule has 21 heavy (non-hydrogen) atoms. The molecule has 0 aliphatic heterocycles. The molecule has 0 saturated carbocycles. The number of ether oxygens (including phenoxy) is 1. The lowest BCUT2D eigenvalue weighted by molar-refractivity contribution is 0.309. The van der Waals surface area contributed by atoms with Gasteiger partial charge in [0.05, 0.1) is 12.8 Å². The zero-order valence-electron chi connectivity index (χ0n) is 13.2. The summed E-state index contributed by atoms with van der Waals surface area (Å²) in [5, 5.41) is 7.59. The van der Waals surface area contributed by atoms with Gasteiger partial charge in [-0.15, -0.1) is 0 Å². The number of likely N-dealkylation sites (N-methyl/N-ethyl adjacent to an activating group) is 1. The van der Waals surface area contributed by atoms with Crippen LogP contribution in [0, 0.1) is 0 Å². The number of nitrogens with zero attached hydrogens (tertiary/aromatic N) is 2. The van der Waals surface area contributed by atoms with Crippen molar-refractivity contribution in [2.75, 3.05) is 13.7 Å². The Morgan fingerprint density at radius 2 is 2.05 bits per heavy atom. The van der Waals surface area contributed by atoms with E-state index in [2.05, 4.69) is 47.8 Å². The third-order valence-electron chi connectivity index (χ3n) is 3.60. The molecule has 0 amide bonds. The topological polar surface area (TPSA) is 39.1 Å². The molecule has 0 saturated heterocycles. The molecule has 0 spiro atoms. The first kappa shape index (κ1) is 15.6. The summed E-state index contributed by atoms with van der Waals surface area (Å²) in [7, 11) is 3.94. The van der Waals surface area contributed by atoms with Gasteiger partial charge in [-0.1, -0.05) is 25.5 Å². The van der Waals surface area contributed by atoms with Gasteiger partial charge in [-0.2, -0.15) is 5.10 Å². The minimum absolute atomic E-state index is 0.291. The van der Waals surface area contributed by atoms with E-state index in [1.807, 2.05) is 25.0 Å². The minimum Gasteiger partial charge on any atom is -0.494 e. The van der Waals surface area contributed by atoms with E-state index in [1.165, 1.54) is 11.1 Å². The Morgan fingerprint density at radius 1 is 1.29 bits per heavy atom. The van der Waals surface area contributed by atoms with Gasteiger partial charge in [-0.25, -0.2) is 0 Å². The summed E-state index contributed by atoms with van der Waals surface area (Å²) in [5.41, 5.74) is 2.50. The predicted molar refractivity (Wildman–Crippen MR) is 85.6 cm³/mol. The van der Waals surface area contributed by atoms with E-state index in [0.717, 1.165) is 31.6 Å². The second kappa shape index (κ2) is 7.84. The normalized spacial score (nSPS) is 12.3. The molecule has 0 bridgehead atoms. The molecule has 0 radical (unpaired) electrons. The number of hydrogen-bond acceptors (Lipinski definition) is 3. The molecule has 4 heteroatoms. The highest BCUT2D eigenvalue weighted by molar-refractivity contribution is 5.30. The van der Waals surface area contributed by atoms with Gasteiger partial charge < -0.3 is 10.1 Å². The van der Waals surface area contributed by atoms with Crippen molar-refractivity contribution in [3.63, 3.8) is 0 Å². The Morgan fingerprint density at radius 3 is 2.62 bits per heavy atom. The van der Waals surface area contributed by atoms with Crippen LogP contribution in [0.2, 0.25) is 0 Å². The average Bonchev–Trinajstić information content (AvgIpc) is 2.91. The molecule has 1 aromatic carbocycles. The third kappa shape index (κ3) is 4.60. The van der Waals surface area contributed by atoms with Crippen molar-refractivity contribution in [1.82, 2.24) is 15.1 Å². The molecule has 1 unspecified atom stereocenters. The Balaban J connectivity index is 1.98. The zero-order chi connectivity index (χ0) is 15.1. The first-order valence-corrected chi connectivity index (χ1v) is 7.60. The molecular weight excluding hydrogens is 262 g/mol. The van der Waals surface area contributed by atoms with Crippen molar-refractivity contribution in [2.45, 2.75) is 32.2 Å². The maximum Gasteiger partial charge on any atom is 0.119 e. The fraction of sp³-hybridized carbons (Fsp3) is 0.471. The fourth-order valence-corrected chi connectivity index (χ4v) is 2.33. The van der Waals surface area contributed by atoms with Gasteiger partial charge in [-0.3, -0.25) is 4.68 Å².